The van der Waals surface area contributed by atoms with E-state index in [2.05, 4.69) is 21.3 Å². The first-order chi connectivity index (χ1) is 13.8. The molecule has 29 heavy (non-hydrogen) atoms. The number of halogens is 2. The number of urea groups is 1. The van der Waals surface area contributed by atoms with Crippen LogP contribution in [0.25, 0.3) is 0 Å². The molecular formula is C20H22Cl2N4O3. The number of rotatable bonds is 7. The number of para-hydroxylation sites is 1. The van der Waals surface area contributed by atoms with E-state index in [1.807, 2.05) is 6.07 Å². The number of carbonyl (C=O) groups is 3. The van der Waals surface area contributed by atoms with Gasteiger partial charge in [0.25, 0.3) is 0 Å². The van der Waals surface area contributed by atoms with Gasteiger partial charge in [0, 0.05) is 10.7 Å². The fourth-order valence-corrected chi connectivity index (χ4v) is 2.77. The number of benzene rings is 2. The van der Waals surface area contributed by atoms with Gasteiger partial charge in [0.05, 0.1) is 17.3 Å². The molecule has 154 valence electrons. The molecule has 1 atom stereocenters. The van der Waals surface area contributed by atoms with Crippen LogP contribution in [0.5, 0.6) is 0 Å². The van der Waals surface area contributed by atoms with Gasteiger partial charge in [0.1, 0.15) is 6.04 Å². The molecule has 4 amide bonds. The van der Waals surface area contributed by atoms with Crippen molar-refractivity contribution in [2.75, 3.05) is 17.2 Å². The van der Waals surface area contributed by atoms with E-state index in [4.69, 9.17) is 23.2 Å². The van der Waals surface area contributed by atoms with Gasteiger partial charge < -0.3 is 21.3 Å². The lowest BCUT2D eigenvalue weighted by atomic mass is 10.0. The quantitative estimate of drug-likeness (QED) is 0.529. The molecule has 0 heterocycles. The van der Waals surface area contributed by atoms with Crippen molar-refractivity contribution in [3.05, 3.63) is 58.6 Å². The van der Waals surface area contributed by atoms with Crippen molar-refractivity contribution in [2.24, 2.45) is 5.92 Å². The maximum Gasteiger partial charge on any atom is 0.319 e. The molecule has 2 aromatic rings. The minimum atomic E-state index is -0.818. The van der Waals surface area contributed by atoms with Gasteiger partial charge >= 0.3 is 6.03 Å². The van der Waals surface area contributed by atoms with Crippen molar-refractivity contribution in [1.82, 2.24) is 10.6 Å². The first kappa shape index (κ1) is 22.5. The highest BCUT2D eigenvalue weighted by Crippen LogP contribution is 2.25. The zero-order valence-electron chi connectivity index (χ0n) is 16.0. The van der Waals surface area contributed by atoms with Gasteiger partial charge in [-0.25, -0.2) is 4.79 Å². The molecule has 0 aliphatic carbocycles. The zero-order valence-corrected chi connectivity index (χ0v) is 17.5. The molecule has 0 bridgehead atoms. The highest BCUT2D eigenvalue weighted by atomic mass is 35.5. The molecule has 0 fully saturated rings. The summed E-state index contributed by atoms with van der Waals surface area (Å²) in [7, 11) is 0. The van der Waals surface area contributed by atoms with Crippen LogP contribution in [-0.2, 0) is 9.59 Å². The number of hydrogen-bond donors (Lipinski definition) is 4. The van der Waals surface area contributed by atoms with Crippen molar-refractivity contribution in [3.63, 3.8) is 0 Å². The molecule has 0 saturated heterocycles. The normalized spacial score (nSPS) is 11.5. The molecule has 0 aliphatic heterocycles. The fraction of sp³-hybridized carbons (Fsp3) is 0.250. The average Bonchev–Trinajstić information content (AvgIpc) is 2.67. The number of anilines is 2. The molecule has 0 unspecified atom stereocenters. The van der Waals surface area contributed by atoms with Crippen LogP contribution < -0.4 is 21.3 Å². The monoisotopic (exact) mass is 436 g/mol. The van der Waals surface area contributed by atoms with Crippen LogP contribution in [-0.4, -0.2) is 30.4 Å². The molecule has 0 saturated carbocycles. The Bertz CT molecular complexity index is 875. The predicted octanol–water partition coefficient (Wildman–Crippen LogP) is 3.89. The summed E-state index contributed by atoms with van der Waals surface area (Å²) >= 11 is 11.9. The van der Waals surface area contributed by atoms with E-state index in [1.54, 1.807) is 50.2 Å². The van der Waals surface area contributed by atoms with Crippen LogP contribution in [0.2, 0.25) is 10.0 Å². The Labute approximate surface area is 179 Å². The summed E-state index contributed by atoms with van der Waals surface area (Å²) in [5, 5.41) is 11.1. The van der Waals surface area contributed by atoms with Gasteiger partial charge in [-0.15, -0.1) is 0 Å². The third-order valence-electron chi connectivity index (χ3n) is 3.89. The molecular weight excluding hydrogens is 415 g/mol. The first-order valence-corrected chi connectivity index (χ1v) is 9.67. The third kappa shape index (κ3) is 7.29. The summed E-state index contributed by atoms with van der Waals surface area (Å²) in [5.41, 5.74) is 0.949. The lowest BCUT2D eigenvalue weighted by Gasteiger charge is -2.22. The number of nitrogens with one attached hydrogen (secondary N) is 4. The minimum Gasteiger partial charge on any atom is -0.345 e. The van der Waals surface area contributed by atoms with E-state index in [-0.39, 0.29) is 12.5 Å². The van der Waals surface area contributed by atoms with Crippen LogP contribution >= 0.6 is 23.2 Å². The van der Waals surface area contributed by atoms with Crippen molar-refractivity contribution >= 4 is 52.4 Å². The van der Waals surface area contributed by atoms with Crippen LogP contribution in [0.3, 0.4) is 0 Å². The molecule has 2 rings (SSSR count). The number of carbonyl (C=O) groups excluding carboxylic acids is 3. The Morgan fingerprint density at radius 1 is 0.966 bits per heavy atom. The molecule has 0 spiro atoms. The molecule has 4 N–H and O–H groups in total. The van der Waals surface area contributed by atoms with Gasteiger partial charge in [0.15, 0.2) is 0 Å². The maximum atomic E-state index is 12.5. The van der Waals surface area contributed by atoms with Crippen LogP contribution in [0, 0.1) is 5.92 Å². The summed E-state index contributed by atoms with van der Waals surface area (Å²) in [5.74, 6) is -1.14. The molecule has 0 aliphatic rings. The summed E-state index contributed by atoms with van der Waals surface area (Å²) < 4.78 is 0. The van der Waals surface area contributed by atoms with E-state index >= 15 is 0 Å². The lowest BCUT2D eigenvalue weighted by Crippen LogP contribution is -2.52. The maximum absolute atomic E-state index is 12.5. The van der Waals surface area contributed by atoms with Crippen LogP contribution in [0.4, 0.5) is 16.2 Å². The van der Waals surface area contributed by atoms with Crippen molar-refractivity contribution in [1.29, 1.82) is 0 Å². The van der Waals surface area contributed by atoms with Gasteiger partial charge in [0.2, 0.25) is 11.8 Å². The van der Waals surface area contributed by atoms with Crippen molar-refractivity contribution in [2.45, 2.75) is 19.9 Å². The molecule has 0 radical (unpaired) electrons. The first-order valence-electron chi connectivity index (χ1n) is 8.91. The molecule has 0 aromatic heterocycles. The standard InChI is InChI=1S/C20H22Cl2N4O3/c1-12(2)18(26-20(29)24-14-6-4-3-5-7-14)19(28)23-11-17(27)25-16-10-13(21)8-9-15(16)22/h3-10,12,18H,11H2,1-2H3,(H,23,28)(H,25,27)(H2,24,26,29)/t18-/m0/s1. The highest BCUT2D eigenvalue weighted by Gasteiger charge is 2.24. The van der Waals surface area contributed by atoms with E-state index < -0.39 is 23.9 Å². The average molecular weight is 437 g/mol. The summed E-state index contributed by atoms with van der Waals surface area (Å²) in [6.07, 6.45) is 0. The summed E-state index contributed by atoms with van der Waals surface area (Å²) in [6.45, 7) is 3.30. The lowest BCUT2D eigenvalue weighted by molar-refractivity contribution is -0.126. The predicted molar refractivity (Wildman–Crippen MR) is 115 cm³/mol. The van der Waals surface area contributed by atoms with Crippen LogP contribution in [0.15, 0.2) is 48.5 Å². The SMILES string of the molecule is CC(C)[C@H](NC(=O)Nc1ccccc1)C(=O)NCC(=O)Nc1cc(Cl)ccc1Cl. The van der Waals surface area contributed by atoms with Gasteiger partial charge in [-0.1, -0.05) is 55.2 Å². The van der Waals surface area contributed by atoms with E-state index in [1.165, 1.54) is 6.07 Å². The Morgan fingerprint density at radius 2 is 1.66 bits per heavy atom. The van der Waals surface area contributed by atoms with E-state index in [0.29, 0.717) is 21.4 Å². The van der Waals surface area contributed by atoms with Crippen molar-refractivity contribution in [3.8, 4) is 0 Å². The fourth-order valence-electron chi connectivity index (χ4n) is 2.43. The number of amides is 4. The third-order valence-corrected chi connectivity index (χ3v) is 4.46. The largest absolute Gasteiger partial charge is 0.345 e. The number of hydrogen-bond acceptors (Lipinski definition) is 3. The Kier molecular flexibility index (Phi) is 8.30. The highest BCUT2D eigenvalue weighted by molar-refractivity contribution is 6.35. The van der Waals surface area contributed by atoms with Crippen LogP contribution in [0.1, 0.15) is 13.8 Å². The minimum absolute atomic E-state index is 0.193. The van der Waals surface area contributed by atoms with Gasteiger partial charge in [-0.3, -0.25) is 9.59 Å². The topological polar surface area (TPSA) is 99.3 Å². The van der Waals surface area contributed by atoms with E-state index in [9.17, 15) is 14.4 Å². The second kappa shape index (κ2) is 10.7. The molecule has 2 aromatic carbocycles. The smallest absolute Gasteiger partial charge is 0.319 e. The Balaban J connectivity index is 1.89. The molecule has 7 nitrogen and oxygen atoms in total. The summed E-state index contributed by atoms with van der Waals surface area (Å²) in [4.78, 5) is 36.8. The van der Waals surface area contributed by atoms with Crippen molar-refractivity contribution < 1.29 is 14.4 Å². The Morgan fingerprint density at radius 3 is 2.31 bits per heavy atom. The second-order valence-corrected chi connectivity index (χ2v) is 7.42. The van der Waals surface area contributed by atoms with Gasteiger partial charge in [-0.05, 0) is 36.2 Å². The van der Waals surface area contributed by atoms with Gasteiger partial charge in [-0.2, -0.15) is 0 Å². The second-order valence-electron chi connectivity index (χ2n) is 6.58. The van der Waals surface area contributed by atoms with E-state index in [0.717, 1.165) is 0 Å². The molecule has 9 heteroatoms. The Hall–Kier alpha value is -2.77. The summed E-state index contributed by atoms with van der Waals surface area (Å²) in [6, 6.07) is 12.2. The zero-order chi connectivity index (χ0) is 21.4.